The molecular formula is C15H16N2. The van der Waals surface area contributed by atoms with E-state index in [4.69, 9.17) is 4.99 Å². The van der Waals surface area contributed by atoms with Gasteiger partial charge in [-0.3, -0.25) is 0 Å². The SMILES string of the molecule is C/C=C\CNC1=CC=C2C=CC3=CC(=N1)C23C. The average Bonchev–Trinajstić information content (AvgIpc) is 2.53. The Kier molecular flexibility index (Phi) is 2.18. The van der Waals surface area contributed by atoms with Gasteiger partial charge in [0, 0.05) is 6.54 Å². The van der Waals surface area contributed by atoms with Gasteiger partial charge in [-0.15, -0.1) is 0 Å². The molecule has 2 aliphatic carbocycles. The smallest absolute Gasteiger partial charge is 0.126 e. The van der Waals surface area contributed by atoms with Crippen LogP contribution in [-0.2, 0) is 0 Å². The van der Waals surface area contributed by atoms with Crippen LogP contribution in [0.2, 0.25) is 0 Å². The van der Waals surface area contributed by atoms with E-state index in [9.17, 15) is 0 Å². The highest BCUT2D eigenvalue weighted by Gasteiger charge is 2.46. The zero-order valence-electron chi connectivity index (χ0n) is 10.2. The molecule has 2 heteroatoms. The van der Waals surface area contributed by atoms with Gasteiger partial charge in [0.1, 0.15) is 5.82 Å². The molecule has 86 valence electrons. The van der Waals surface area contributed by atoms with Crippen LogP contribution < -0.4 is 5.32 Å². The first kappa shape index (κ1) is 10.3. The molecule has 0 bridgehead atoms. The molecule has 0 aromatic heterocycles. The Morgan fingerprint density at radius 3 is 2.94 bits per heavy atom. The van der Waals surface area contributed by atoms with Gasteiger partial charge in [-0.25, -0.2) is 4.99 Å². The second-order valence-electron chi connectivity index (χ2n) is 4.68. The van der Waals surface area contributed by atoms with Crippen LogP contribution >= 0.6 is 0 Å². The van der Waals surface area contributed by atoms with E-state index in [1.165, 1.54) is 16.9 Å². The molecule has 0 amide bonds. The molecule has 0 aromatic rings. The number of hydrogen-bond acceptors (Lipinski definition) is 2. The number of aliphatic imine (C=N–C) groups is 1. The first-order valence-corrected chi connectivity index (χ1v) is 6.02. The third-order valence-corrected chi connectivity index (χ3v) is 3.70. The number of nitrogens with zero attached hydrogens (tertiary/aromatic N) is 1. The van der Waals surface area contributed by atoms with Gasteiger partial charge < -0.3 is 5.32 Å². The minimum atomic E-state index is 0.0561. The van der Waals surface area contributed by atoms with Gasteiger partial charge in [-0.05, 0) is 37.1 Å². The van der Waals surface area contributed by atoms with E-state index in [0.717, 1.165) is 12.4 Å². The van der Waals surface area contributed by atoms with Crippen molar-refractivity contribution in [2.24, 2.45) is 10.4 Å². The normalized spacial score (nSPS) is 28.8. The van der Waals surface area contributed by atoms with Crippen LogP contribution in [0.5, 0.6) is 0 Å². The maximum absolute atomic E-state index is 4.69. The van der Waals surface area contributed by atoms with E-state index in [0.29, 0.717) is 0 Å². The first-order valence-electron chi connectivity index (χ1n) is 6.02. The van der Waals surface area contributed by atoms with E-state index in [-0.39, 0.29) is 5.41 Å². The molecule has 1 unspecified atom stereocenters. The van der Waals surface area contributed by atoms with Crippen LogP contribution in [0.15, 0.2) is 64.5 Å². The van der Waals surface area contributed by atoms with E-state index >= 15 is 0 Å². The van der Waals surface area contributed by atoms with Gasteiger partial charge >= 0.3 is 0 Å². The predicted octanol–water partition coefficient (Wildman–Crippen LogP) is 2.89. The van der Waals surface area contributed by atoms with Gasteiger partial charge in [-0.1, -0.05) is 30.4 Å². The lowest BCUT2D eigenvalue weighted by atomic mass is 9.67. The van der Waals surface area contributed by atoms with Gasteiger partial charge in [0.2, 0.25) is 0 Å². The Labute approximate surface area is 102 Å². The maximum atomic E-state index is 4.69. The van der Waals surface area contributed by atoms with Crippen molar-refractivity contribution in [3.63, 3.8) is 0 Å². The second-order valence-corrected chi connectivity index (χ2v) is 4.68. The zero-order valence-corrected chi connectivity index (χ0v) is 10.2. The molecule has 0 aromatic carbocycles. The third-order valence-electron chi connectivity index (χ3n) is 3.70. The third kappa shape index (κ3) is 1.37. The van der Waals surface area contributed by atoms with Crippen LogP contribution in [0.25, 0.3) is 0 Å². The first-order chi connectivity index (χ1) is 8.25. The van der Waals surface area contributed by atoms with Crippen molar-refractivity contribution in [3.8, 4) is 0 Å². The largest absolute Gasteiger partial charge is 0.367 e. The Balaban J connectivity index is 1.90. The summed E-state index contributed by atoms with van der Waals surface area (Å²) in [6.07, 6.45) is 14.9. The molecule has 0 spiro atoms. The minimum Gasteiger partial charge on any atom is -0.367 e. The molecule has 3 rings (SSSR count). The van der Waals surface area contributed by atoms with Crippen molar-refractivity contribution in [2.45, 2.75) is 13.8 Å². The van der Waals surface area contributed by atoms with Gasteiger partial charge in [0.25, 0.3) is 0 Å². The van der Waals surface area contributed by atoms with Crippen molar-refractivity contribution in [3.05, 3.63) is 59.5 Å². The lowest BCUT2D eigenvalue weighted by Gasteiger charge is -2.35. The fourth-order valence-corrected chi connectivity index (χ4v) is 2.46. The molecule has 1 N–H and O–H groups in total. The molecule has 1 atom stereocenters. The Bertz CT molecular complexity index is 541. The van der Waals surface area contributed by atoms with Crippen LogP contribution in [0.4, 0.5) is 0 Å². The number of nitrogens with one attached hydrogen (secondary N) is 1. The van der Waals surface area contributed by atoms with Crippen LogP contribution in [0.1, 0.15) is 13.8 Å². The zero-order chi connectivity index (χ0) is 11.9. The summed E-state index contributed by atoms with van der Waals surface area (Å²) >= 11 is 0. The molecule has 3 aliphatic rings. The summed E-state index contributed by atoms with van der Waals surface area (Å²) in [5, 5.41) is 3.31. The Morgan fingerprint density at radius 2 is 2.12 bits per heavy atom. The summed E-state index contributed by atoms with van der Waals surface area (Å²) in [5.74, 6) is 0.949. The van der Waals surface area contributed by atoms with Crippen LogP contribution in [0.3, 0.4) is 0 Å². The molecule has 0 fully saturated rings. The molecule has 1 aliphatic heterocycles. The Hall–Kier alpha value is -1.83. The highest BCUT2D eigenvalue weighted by atomic mass is 15.0. The summed E-state index contributed by atoms with van der Waals surface area (Å²) in [5.41, 5.74) is 3.95. The van der Waals surface area contributed by atoms with E-state index in [1.807, 2.05) is 13.0 Å². The summed E-state index contributed by atoms with van der Waals surface area (Å²) in [7, 11) is 0. The second kappa shape index (κ2) is 3.59. The van der Waals surface area contributed by atoms with Gasteiger partial charge in [0.15, 0.2) is 0 Å². The monoisotopic (exact) mass is 224 g/mol. The van der Waals surface area contributed by atoms with E-state index in [2.05, 4.69) is 48.7 Å². The fourth-order valence-electron chi connectivity index (χ4n) is 2.46. The summed E-state index contributed by atoms with van der Waals surface area (Å²) in [6, 6.07) is 0. The van der Waals surface area contributed by atoms with Crippen molar-refractivity contribution in [1.82, 2.24) is 5.32 Å². The van der Waals surface area contributed by atoms with Crippen molar-refractivity contribution >= 4 is 5.71 Å². The summed E-state index contributed by atoms with van der Waals surface area (Å²) in [6.45, 7) is 5.09. The van der Waals surface area contributed by atoms with Crippen molar-refractivity contribution < 1.29 is 0 Å². The van der Waals surface area contributed by atoms with Gasteiger partial charge in [-0.2, -0.15) is 0 Å². The number of allylic oxidation sites excluding steroid dienone is 8. The molecule has 1 heterocycles. The topological polar surface area (TPSA) is 24.4 Å². The predicted molar refractivity (Wildman–Crippen MR) is 71.7 cm³/mol. The van der Waals surface area contributed by atoms with E-state index in [1.54, 1.807) is 0 Å². The fraction of sp³-hybridized carbons (Fsp3) is 0.267. The number of rotatable bonds is 3. The molecule has 0 saturated carbocycles. The standard InChI is InChI=1S/C15H16N2/c1-3-4-9-16-14-8-7-11-5-6-12-10-13(17-14)15(11,12)2/h3-8,10H,9H2,1-2H3,(H,16,17)/b4-3-. The van der Waals surface area contributed by atoms with Crippen LogP contribution in [-0.4, -0.2) is 12.3 Å². The maximum Gasteiger partial charge on any atom is 0.126 e. The van der Waals surface area contributed by atoms with E-state index < -0.39 is 0 Å². The average molecular weight is 224 g/mol. The highest BCUT2D eigenvalue weighted by Crippen LogP contribution is 2.51. The Morgan fingerprint density at radius 1 is 1.29 bits per heavy atom. The quantitative estimate of drug-likeness (QED) is 0.732. The lowest BCUT2D eigenvalue weighted by molar-refractivity contribution is 0.689. The van der Waals surface area contributed by atoms with Crippen molar-refractivity contribution in [1.29, 1.82) is 0 Å². The molecule has 17 heavy (non-hydrogen) atoms. The lowest BCUT2D eigenvalue weighted by Crippen LogP contribution is -2.35. The van der Waals surface area contributed by atoms with Crippen LogP contribution in [0, 0.1) is 5.41 Å². The highest BCUT2D eigenvalue weighted by molar-refractivity contribution is 6.14. The van der Waals surface area contributed by atoms with Gasteiger partial charge in [0.05, 0.1) is 11.1 Å². The van der Waals surface area contributed by atoms with Crippen molar-refractivity contribution in [2.75, 3.05) is 6.54 Å². The molecular weight excluding hydrogens is 208 g/mol. The molecule has 0 saturated heterocycles. The molecule has 2 nitrogen and oxygen atoms in total. The summed E-state index contributed by atoms with van der Waals surface area (Å²) in [4.78, 5) is 4.69. The molecule has 0 radical (unpaired) electrons. The number of hydrogen-bond donors (Lipinski definition) is 1. The summed E-state index contributed by atoms with van der Waals surface area (Å²) < 4.78 is 0. The minimum absolute atomic E-state index is 0.0561.